The minimum Gasteiger partial charge on any atom is -0.394 e. The summed E-state index contributed by atoms with van der Waals surface area (Å²) in [6, 6.07) is 14.2. The van der Waals surface area contributed by atoms with Crippen molar-refractivity contribution in [3.8, 4) is 0 Å². The quantitative estimate of drug-likeness (QED) is 0.884. The zero-order chi connectivity index (χ0) is 13.8. The molecule has 3 heteroatoms. The largest absolute Gasteiger partial charge is 0.394 e. The van der Waals surface area contributed by atoms with E-state index in [-0.39, 0.29) is 12.6 Å². The fraction of sp³-hybridized carbons (Fsp3) is 0.250. The molecular formula is C16H18BrNO. The van der Waals surface area contributed by atoms with E-state index in [0.29, 0.717) is 0 Å². The normalized spacial score (nSPS) is 12.2. The van der Waals surface area contributed by atoms with Crippen LogP contribution in [0.15, 0.2) is 46.9 Å². The predicted octanol–water partition coefficient (Wildman–Crippen LogP) is 4.21. The summed E-state index contributed by atoms with van der Waals surface area (Å²) in [5, 5.41) is 12.9. The van der Waals surface area contributed by atoms with Crippen molar-refractivity contribution >= 4 is 21.6 Å². The number of benzene rings is 2. The molecule has 19 heavy (non-hydrogen) atoms. The first-order valence-electron chi connectivity index (χ1n) is 6.30. The molecule has 0 saturated heterocycles. The molecule has 0 fully saturated rings. The van der Waals surface area contributed by atoms with Crippen molar-refractivity contribution in [3.05, 3.63) is 63.6 Å². The molecule has 2 aromatic rings. The second-order valence-electron chi connectivity index (χ2n) is 4.75. The fourth-order valence-corrected chi connectivity index (χ4v) is 2.31. The van der Waals surface area contributed by atoms with Gasteiger partial charge in [0.25, 0.3) is 0 Å². The van der Waals surface area contributed by atoms with Crippen molar-refractivity contribution in [1.82, 2.24) is 0 Å². The molecule has 0 aromatic heterocycles. The summed E-state index contributed by atoms with van der Waals surface area (Å²) in [6.45, 7) is 4.17. The van der Waals surface area contributed by atoms with Gasteiger partial charge in [-0.15, -0.1) is 0 Å². The maximum Gasteiger partial charge on any atom is 0.0745 e. The number of hydrogen-bond donors (Lipinski definition) is 2. The Labute approximate surface area is 122 Å². The van der Waals surface area contributed by atoms with Crippen LogP contribution in [-0.2, 0) is 0 Å². The highest BCUT2D eigenvalue weighted by atomic mass is 79.9. The number of rotatable bonds is 4. The van der Waals surface area contributed by atoms with Crippen LogP contribution in [0.3, 0.4) is 0 Å². The molecule has 0 radical (unpaired) electrons. The predicted molar refractivity (Wildman–Crippen MR) is 83.5 cm³/mol. The van der Waals surface area contributed by atoms with Gasteiger partial charge < -0.3 is 10.4 Å². The Morgan fingerprint density at radius 3 is 2.37 bits per heavy atom. The van der Waals surface area contributed by atoms with Gasteiger partial charge >= 0.3 is 0 Å². The number of halogens is 1. The molecule has 2 aromatic carbocycles. The number of aryl methyl sites for hydroxylation is 2. The van der Waals surface area contributed by atoms with E-state index >= 15 is 0 Å². The lowest BCUT2D eigenvalue weighted by atomic mass is 10.1. The van der Waals surface area contributed by atoms with Crippen molar-refractivity contribution in [2.75, 3.05) is 11.9 Å². The molecule has 1 unspecified atom stereocenters. The molecule has 0 aliphatic rings. The minimum atomic E-state index is -0.0976. The average Bonchev–Trinajstić information content (AvgIpc) is 2.41. The third-order valence-corrected chi connectivity index (χ3v) is 4.03. The van der Waals surface area contributed by atoms with Crippen LogP contribution in [0.2, 0.25) is 0 Å². The summed E-state index contributed by atoms with van der Waals surface area (Å²) in [7, 11) is 0. The lowest BCUT2D eigenvalue weighted by Gasteiger charge is -2.19. The van der Waals surface area contributed by atoms with Crippen LogP contribution in [0.1, 0.15) is 22.7 Å². The summed E-state index contributed by atoms with van der Waals surface area (Å²) in [6.07, 6.45) is 0. The van der Waals surface area contributed by atoms with E-state index in [4.69, 9.17) is 0 Å². The van der Waals surface area contributed by atoms with E-state index in [1.54, 1.807) is 0 Å². The number of anilines is 1. The van der Waals surface area contributed by atoms with Gasteiger partial charge in [-0.2, -0.15) is 0 Å². The molecular weight excluding hydrogens is 302 g/mol. The second-order valence-corrected chi connectivity index (χ2v) is 5.61. The van der Waals surface area contributed by atoms with Gasteiger partial charge in [-0.05, 0) is 43.2 Å². The maximum absolute atomic E-state index is 9.58. The minimum absolute atomic E-state index is 0.0589. The van der Waals surface area contributed by atoms with E-state index in [1.165, 1.54) is 11.1 Å². The van der Waals surface area contributed by atoms with Crippen LogP contribution in [0.5, 0.6) is 0 Å². The van der Waals surface area contributed by atoms with Crippen molar-refractivity contribution < 1.29 is 5.11 Å². The fourth-order valence-electron chi connectivity index (χ4n) is 1.91. The van der Waals surface area contributed by atoms with Gasteiger partial charge in [0.05, 0.1) is 12.6 Å². The average molecular weight is 320 g/mol. The monoisotopic (exact) mass is 319 g/mol. The van der Waals surface area contributed by atoms with Gasteiger partial charge in [0.2, 0.25) is 0 Å². The summed E-state index contributed by atoms with van der Waals surface area (Å²) < 4.78 is 1.06. The second kappa shape index (κ2) is 6.22. The standard InChI is InChI=1S/C16H18BrNO/c1-11-3-7-14(8-4-11)18-16(10-19)13-6-5-12(2)15(17)9-13/h3-9,16,18-19H,10H2,1-2H3. The van der Waals surface area contributed by atoms with E-state index in [2.05, 4.69) is 59.4 Å². The SMILES string of the molecule is Cc1ccc(NC(CO)c2ccc(C)c(Br)c2)cc1. The number of hydrogen-bond acceptors (Lipinski definition) is 2. The first-order valence-corrected chi connectivity index (χ1v) is 7.09. The molecule has 0 aliphatic carbocycles. The van der Waals surface area contributed by atoms with E-state index in [1.807, 2.05) is 18.2 Å². The molecule has 0 bridgehead atoms. The third kappa shape index (κ3) is 3.58. The number of aliphatic hydroxyl groups is 1. The Bertz CT molecular complexity index is 551. The Morgan fingerprint density at radius 1 is 1.11 bits per heavy atom. The highest BCUT2D eigenvalue weighted by Gasteiger charge is 2.11. The number of aliphatic hydroxyl groups excluding tert-OH is 1. The Balaban J connectivity index is 2.19. The smallest absolute Gasteiger partial charge is 0.0745 e. The molecule has 2 rings (SSSR count). The van der Waals surface area contributed by atoms with E-state index in [9.17, 15) is 5.11 Å². The Morgan fingerprint density at radius 2 is 1.79 bits per heavy atom. The van der Waals surface area contributed by atoms with Crippen LogP contribution in [0.25, 0.3) is 0 Å². The summed E-state index contributed by atoms with van der Waals surface area (Å²) in [5.41, 5.74) is 4.50. The molecule has 0 aliphatic heterocycles. The van der Waals surface area contributed by atoms with Gasteiger partial charge in [-0.25, -0.2) is 0 Å². The topological polar surface area (TPSA) is 32.3 Å². The Hall–Kier alpha value is -1.32. The lowest BCUT2D eigenvalue weighted by molar-refractivity contribution is 0.276. The van der Waals surface area contributed by atoms with Gasteiger partial charge in [0.15, 0.2) is 0 Å². The van der Waals surface area contributed by atoms with Crippen molar-refractivity contribution in [3.63, 3.8) is 0 Å². The molecule has 0 heterocycles. The van der Waals surface area contributed by atoms with Crippen LogP contribution in [-0.4, -0.2) is 11.7 Å². The zero-order valence-corrected chi connectivity index (χ0v) is 12.7. The van der Waals surface area contributed by atoms with Crippen molar-refractivity contribution in [1.29, 1.82) is 0 Å². The molecule has 0 spiro atoms. The van der Waals surface area contributed by atoms with E-state index < -0.39 is 0 Å². The Kier molecular flexibility index (Phi) is 4.61. The lowest BCUT2D eigenvalue weighted by Crippen LogP contribution is -2.14. The van der Waals surface area contributed by atoms with Crippen molar-refractivity contribution in [2.45, 2.75) is 19.9 Å². The van der Waals surface area contributed by atoms with Crippen LogP contribution in [0, 0.1) is 13.8 Å². The summed E-state index contributed by atoms with van der Waals surface area (Å²) in [5.74, 6) is 0. The molecule has 2 nitrogen and oxygen atoms in total. The summed E-state index contributed by atoms with van der Waals surface area (Å²) >= 11 is 3.53. The van der Waals surface area contributed by atoms with Crippen LogP contribution < -0.4 is 5.32 Å². The van der Waals surface area contributed by atoms with Crippen LogP contribution in [0.4, 0.5) is 5.69 Å². The highest BCUT2D eigenvalue weighted by molar-refractivity contribution is 9.10. The van der Waals surface area contributed by atoms with Gasteiger partial charge in [-0.1, -0.05) is 45.8 Å². The molecule has 0 saturated carbocycles. The summed E-state index contributed by atoms with van der Waals surface area (Å²) in [4.78, 5) is 0. The van der Waals surface area contributed by atoms with Gasteiger partial charge in [0, 0.05) is 10.2 Å². The molecule has 0 amide bonds. The van der Waals surface area contributed by atoms with Gasteiger partial charge in [0.1, 0.15) is 0 Å². The van der Waals surface area contributed by atoms with E-state index in [0.717, 1.165) is 15.7 Å². The number of nitrogens with one attached hydrogen (secondary N) is 1. The first-order chi connectivity index (χ1) is 9.10. The molecule has 2 N–H and O–H groups in total. The molecule has 1 atom stereocenters. The zero-order valence-electron chi connectivity index (χ0n) is 11.2. The molecule has 100 valence electrons. The van der Waals surface area contributed by atoms with Crippen molar-refractivity contribution in [2.24, 2.45) is 0 Å². The highest BCUT2D eigenvalue weighted by Crippen LogP contribution is 2.24. The van der Waals surface area contributed by atoms with Crippen LogP contribution >= 0.6 is 15.9 Å². The maximum atomic E-state index is 9.58. The first kappa shape index (κ1) is 14.1. The van der Waals surface area contributed by atoms with Gasteiger partial charge in [-0.3, -0.25) is 0 Å². The third-order valence-electron chi connectivity index (χ3n) is 3.17.